The molecule has 0 atom stereocenters. The number of ether oxygens (including phenoxy) is 1. The minimum atomic E-state index is -3.05. The monoisotopic (exact) mass is 522 g/mol. The molecule has 0 amide bonds. The third kappa shape index (κ3) is 6.77. The minimum absolute atomic E-state index is 0. The van der Waals surface area contributed by atoms with E-state index in [4.69, 9.17) is 4.74 Å². The van der Waals surface area contributed by atoms with E-state index in [9.17, 15) is 8.42 Å². The third-order valence-corrected chi connectivity index (χ3v) is 6.88. The highest BCUT2D eigenvalue weighted by Gasteiger charge is 2.27. The number of sulfonamides is 1. The predicted octanol–water partition coefficient (Wildman–Crippen LogP) is 2.10. The van der Waals surface area contributed by atoms with Crippen LogP contribution >= 0.6 is 24.0 Å². The first-order chi connectivity index (χ1) is 13.0. The summed E-state index contributed by atoms with van der Waals surface area (Å²) in [5.41, 5.74) is 2.27. The van der Waals surface area contributed by atoms with Crippen LogP contribution in [0.5, 0.6) is 5.75 Å². The standard InChI is InChI=1S/C19H30N4O3S.HI/c1-15-4-7-17(18(12-15)26-14-16-5-6-16)13-22-19(20-2)21-8-10-23-9-3-11-27(23,24)25;/h4,7,12,16H,3,5-6,8-11,13-14H2,1-2H3,(H2,20,21,22);1H. The smallest absolute Gasteiger partial charge is 0.214 e. The summed E-state index contributed by atoms with van der Waals surface area (Å²) in [7, 11) is -1.34. The maximum absolute atomic E-state index is 11.8. The van der Waals surface area contributed by atoms with E-state index in [1.807, 2.05) is 0 Å². The summed E-state index contributed by atoms with van der Waals surface area (Å²) in [6.07, 6.45) is 3.25. The van der Waals surface area contributed by atoms with Crippen LogP contribution < -0.4 is 15.4 Å². The average molecular weight is 522 g/mol. The Morgan fingerprint density at radius 3 is 2.75 bits per heavy atom. The molecule has 1 aliphatic heterocycles. The lowest BCUT2D eigenvalue weighted by atomic mass is 10.1. The van der Waals surface area contributed by atoms with E-state index in [1.54, 1.807) is 7.05 Å². The van der Waals surface area contributed by atoms with E-state index in [2.05, 4.69) is 40.7 Å². The van der Waals surface area contributed by atoms with Gasteiger partial charge in [-0.15, -0.1) is 24.0 Å². The van der Waals surface area contributed by atoms with E-state index in [0.29, 0.717) is 44.5 Å². The van der Waals surface area contributed by atoms with Crippen LogP contribution in [0.1, 0.15) is 30.4 Å². The summed E-state index contributed by atoms with van der Waals surface area (Å²) >= 11 is 0. The van der Waals surface area contributed by atoms with Gasteiger partial charge in [0.05, 0.1) is 12.4 Å². The van der Waals surface area contributed by atoms with E-state index in [-0.39, 0.29) is 29.7 Å². The van der Waals surface area contributed by atoms with Gasteiger partial charge in [0.1, 0.15) is 5.75 Å². The lowest BCUT2D eigenvalue weighted by molar-refractivity contribution is 0.296. The molecule has 0 aromatic heterocycles. The number of hydrogen-bond donors (Lipinski definition) is 2. The zero-order chi connectivity index (χ0) is 19.3. The zero-order valence-electron chi connectivity index (χ0n) is 16.6. The van der Waals surface area contributed by atoms with E-state index in [1.165, 1.54) is 22.7 Å². The highest BCUT2D eigenvalue weighted by Crippen LogP contribution is 2.30. The van der Waals surface area contributed by atoms with Crippen LogP contribution in [0.4, 0.5) is 0 Å². The van der Waals surface area contributed by atoms with Crippen molar-refractivity contribution in [3.63, 3.8) is 0 Å². The maximum Gasteiger partial charge on any atom is 0.214 e. The molecule has 1 aliphatic carbocycles. The molecule has 0 unspecified atom stereocenters. The number of benzene rings is 1. The Hall–Kier alpha value is -1.07. The van der Waals surface area contributed by atoms with Crippen molar-refractivity contribution in [2.24, 2.45) is 10.9 Å². The van der Waals surface area contributed by atoms with Crippen LogP contribution in [0, 0.1) is 12.8 Å². The van der Waals surface area contributed by atoms with Crippen molar-refractivity contribution in [1.82, 2.24) is 14.9 Å². The number of nitrogens with one attached hydrogen (secondary N) is 2. The van der Waals surface area contributed by atoms with Crippen LogP contribution in [0.25, 0.3) is 0 Å². The molecule has 28 heavy (non-hydrogen) atoms. The fourth-order valence-electron chi connectivity index (χ4n) is 3.08. The van der Waals surface area contributed by atoms with Crippen molar-refractivity contribution in [3.8, 4) is 5.75 Å². The highest BCUT2D eigenvalue weighted by molar-refractivity contribution is 14.0. The third-order valence-electron chi connectivity index (χ3n) is 4.92. The molecule has 1 aromatic rings. The first kappa shape index (κ1) is 23.2. The van der Waals surface area contributed by atoms with Gasteiger partial charge in [0, 0.05) is 38.8 Å². The molecule has 2 N–H and O–H groups in total. The molecule has 1 aromatic carbocycles. The number of hydrogen-bond acceptors (Lipinski definition) is 4. The summed E-state index contributed by atoms with van der Waals surface area (Å²) in [6.45, 7) is 5.05. The Kier molecular flexibility index (Phi) is 8.81. The predicted molar refractivity (Wildman–Crippen MR) is 123 cm³/mol. The summed E-state index contributed by atoms with van der Waals surface area (Å²) in [5.74, 6) is 2.55. The average Bonchev–Trinajstić information content (AvgIpc) is 3.40. The van der Waals surface area contributed by atoms with E-state index in [0.717, 1.165) is 17.9 Å². The van der Waals surface area contributed by atoms with Crippen molar-refractivity contribution in [2.75, 3.05) is 39.0 Å². The number of halogens is 1. The van der Waals surface area contributed by atoms with Crippen molar-refractivity contribution in [1.29, 1.82) is 0 Å². The minimum Gasteiger partial charge on any atom is -0.493 e. The summed E-state index contributed by atoms with van der Waals surface area (Å²) in [5, 5.41) is 6.47. The molecule has 1 saturated heterocycles. The summed E-state index contributed by atoms with van der Waals surface area (Å²) in [4.78, 5) is 4.22. The van der Waals surface area contributed by atoms with Gasteiger partial charge in [-0.3, -0.25) is 4.99 Å². The fraction of sp³-hybridized carbons (Fsp3) is 0.632. The van der Waals surface area contributed by atoms with Gasteiger partial charge in [0.15, 0.2) is 5.96 Å². The Balaban J connectivity index is 0.00000280. The number of rotatable bonds is 8. The quantitative estimate of drug-likeness (QED) is 0.311. The number of guanidine groups is 1. The molecule has 2 aliphatic rings. The second-order valence-electron chi connectivity index (χ2n) is 7.29. The maximum atomic E-state index is 11.8. The molecule has 0 bridgehead atoms. The Morgan fingerprint density at radius 1 is 1.32 bits per heavy atom. The van der Waals surface area contributed by atoms with Gasteiger partial charge in [-0.05, 0) is 43.7 Å². The lowest BCUT2D eigenvalue weighted by Crippen LogP contribution is -2.41. The normalized spacial score (nSPS) is 19.1. The molecule has 7 nitrogen and oxygen atoms in total. The van der Waals surface area contributed by atoms with Crippen LogP contribution in [-0.4, -0.2) is 57.7 Å². The van der Waals surface area contributed by atoms with Gasteiger partial charge in [0.25, 0.3) is 0 Å². The molecule has 1 heterocycles. The first-order valence-electron chi connectivity index (χ1n) is 9.62. The molecule has 0 radical (unpaired) electrons. The second kappa shape index (κ2) is 10.6. The van der Waals surface area contributed by atoms with Crippen molar-refractivity contribution in [2.45, 2.75) is 32.7 Å². The first-order valence-corrected chi connectivity index (χ1v) is 11.2. The largest absolute Gasteiger partial charge is 0.493 e. The topological polar surface area (TPSA) is 83.0 Å². The van der Waals surface area contributed by atoms with Crippen LogP contribution in [0.2, 0.25) is 0 Å². The van der Waals surface area contributed by atoms with Gasteiger partial charge in [0.2, 0.25) is 10.0 Å². The zero-order valence-corrected chi connectivity index (χ0v) is 19.8. The SMILES string of the molecule is CN=C(NCCN1CCCS1(=O)=O)NCc1ccc(C)cc1OCC1CC1.I. The molecule has 158 valence electrons. The molecule has 2 fully saturated rings. The van der Waals surface area contributed by atoms with Gasteiger partial charge in [-0.25, -0.2) is 12.7 Å². The lowest BCUT2D eigenvalue weighted by Gasteiger charge is -2.17. The van der Waals surface area contributed by atoms with Gasteiger partial charge in [-0.2, -0.15) is 0 Å². The van der Waals surface area contributed by atoms with Gasteiger partial charge >= 0.3 is 0 Å². The van der Waals surface area contributed by atoms with Crippen molar-refractivity contribution < 1.29 is 13.2 Å². The highest BCUT2D eigenvalue weighted by atomic mass is 127. The molecular weight excluding hydrogens is 491 g/mol. The molecule has 9 heteroatoms. The van der Waals surface area contributed by atoms with Gasteiger partial charge in [-0.1, -0.05) is 12.1 Å². The Morgan fingerprint density at radius 2 is 2.11 bits per heavy atom. The van der Waals surface area contributed by atoms with Crippen molar-refractivity contribution >= 4 is 40.0 Å². The molecule has 1 saturated carbocycles. The van der Waals surface area contributed by atoms with E-state index < -0.39 is 10.0 Å². The molecule has 0 spiro atoms. The Bertz CT molecular complexity index is 781. The number of nitrogens with zero attached hydrogens (tertiary/aromatic N) is 2. The van der Waals surface area contributed by atoms with Crippen molar-refractivity contribution in [3.05, 3.63) is 29.3 Å². The Labute approximate surface area is 185 Å². The van der Waals surface area contributed by atoms with Crippen LogP contribution in [-0.2, 0) is 16.6 Å². The summed E-state index contributed by atoms with van der Waals surface area (Å²) < 4.78 is 31.2. The number of aliphatic imine (C=N–C) groups is 1. The molecule has 3 rings (SSSR count). The fourth-order valence-corrected chi connectivity index (χ4v) is 4.60. The second-order valence-corrected chi connectivity index (χ2v) is 9.38. The van der Waals surface area contributed by atoms with Crippen LogP contribution in [0.15, 0.2) is 23.2 Å². The summed E-state index contributed by atoms with van der Waals surface area (Å²) in [6, 6.07) is 6.23. The number of aryl methyl sites for hydroxylation is 1. The molecular formula is C19H31IN4O3S. The van der Waals surface area contributed by atoms with E-state index >= 15 is 0 Å². The van der Waals surface area contributed by atoms with Gasteiger partial charge < -0.3 is 15.4 Å². The van der Waals surface area contributed by atoms with Crippen LogP contribution in [0.3, 0.4) is 0 Å².